The number of hydrogen-bond donors (Lipinski definition) is 0. The van der Waals surface area contributed by atoms with E-state index in [1.54, 1.807) is 37.4 Å². The van der Waals surface area contributed by atoms with Crippen LogP contribution in [0.2, 0.25) is 5.02 Å². The van der Waals surface area contributed by atoms with Crippen molar-refractivity contribution < 1.29 is 19.1 Å². The van der Waals surface area contributed by atoms with Gasteiger partial charge in [0.05, 0.1) is 21.6 Å². The van der Waals surface area contributed by atoms with Gasteiger partial charge >= 0.3 is 0 Å². The number of rotatable bonds is 8. The quantitative estimate of drug-likeness (QED) is 0.202. The minimum atomic E-state index is -0.235. The van der Waals surface area contributed by atoms with Crippen molar-refractivity contribution in [3.05, 3.63) is 84.8 Å². The first-order valence-corrected chi connectivity index (χ1v) is 11.8. The molecule has 0 amide bonds. The van der Waals surface area contributed by atoms with Crippen molar-refractivity contribution in [3.8, 4) is 17.2 Å². The molecule has 0 bridgehead atoms. The van der Waals surface area contributed by atoms with Gasteiger partial charge < -0.3 is 14.3 Å². The van der Waals surface area contributed by atoms with Gasteiger partial charge in [-0.2, -0.15) is 0 Å². The van der Waals surface area contributed by atoms with E-state index in [0.29, 0.717) is 42.3 Å². The van der Waals surface area contributed by atoms with E-state index >= 15 is 0 Å². The molecule has 0 heterocycles. The first-order chi connectivity index (χ1) is 15.2. The molecule has 0 saturated heterocycles. The van der Waals surface area contributed by atoms with Crippen molar-refractivity contribution in [1.29, 1.82) is 0 Å². The summed E-state index contributed by atoms with van der Waals surface area (Å²) in [6.07, 6.45) is 1.13. The number of halogens is 3. The third-order valence-electron chi connectivity index (χ3n) is 4.87. The maximum Gasteiger partial charge on any atom is 0.196 e. The molecule has 3 aromatic carbocycles. The number of ketones is 1. The first-order valence-electron chi connectivity index (χ1n) is 9.86. The maximum atomic E-state index is 13.4. The Labute approximate surface area is 209 Å². The Morgan fingerprint density at radius 2 is 1.75 bits per heavy atom. The van der Waals surface area contributed by atoms with Crippen molar-refractivity contribution in [1.82, 2.24) is 0 Å². The zero-order chi connectivity index (χ0) is 23.4. The summed E-state index contributed by atoms with van der Waals surface area (Å²) in [5.41, 5.74) is 2.54. The van der Waals surface area contributed by atoms with Gasteiger partial charge in [0.15, 0.2) is 11.5 Å². The topological polar surface area (TPSA) is 52.6 Å². The van der Waals surface area contributed by atoms with E-state index < -0.39 is 0 Å². The Bertz CT molecular complexity index is 1150. The molecule has 0 N–H and O–H groups in total. The Morgan fingerprint density at radius 1 is 1.06 bits per heavy atom. The number of methoxy groups -OCH3 is 1. The van der Waals surface area contributed by atoms with Crippen molar-refractivity contribution in [2.75, 3.05) is 7.11 Å². The summed E-state index contributed by atoms with van der Waals surface area (Å²) < 4.78 is 13.2. The summed E-state index contributed by atoms with van der Waals surface area (Å²) in [6, 6.07) is 14.0. The van der Waals surface area contributed by atoms with E-state index in [4.69, 9.17) is 21.1 Å². The minimum Gasteiger partial charge on any atom is -0.496 e. The fourth-order valence-electron chi connectivity index (χ4n) is 3.28. The highest BCUT2D eigenvalue weighted by atomic mass is 79.9. The standard InChI is InChI=1S/C25H21Br2ClO4/c1-14(2)18-12-23(32-25-20(26)9-15(7-8-29)10-21(25)27)19(13-22(18)31-3)24(30)16-5-4-6-17(28)11-16/h4-6,8-14H,7H2,1-3H3. The molecule has 0 aliphatic rings. The molecule has 166 valence electrons. The van der Waals surface area contributed by atoms with Crippen LogP contribution in [-0.4, -0.2) is 19.2 Å². The number of carbonyl (C=O) groups is 2. The van der Waals surface area contributed by atoms with Crippen LogP contribution in [0.5, 0.6) is 17.2 Å². The fourth-order valence-corrected chi connectivity index (χ4v) is 4.92. The van der Waals surface area contributed by atoms with E-state index in [2.05, 4.69) is 31.9 Å². The molecule has 0 radical (unpaired) electrons. The van der Waals surface area contributed by atoms with Gasteiger partial charge in [-0.1, -0.05) is 37.6 Å². The third-order valence-corrected chi connectivity index (χ3v) is 6.29. The normalized spacial score (nSPS) is 10.8. The summed E-state index contributed by atoms with van der Waals surface area (Å²) in [4.78, 5) is 24.3. The summed E-state index contributed by atoms with van der Waals surface area (Å²) in [6.45, 7) is 4.08. The Hall–Kier alpha value is -2.15. The number of aldehydes is 1. The van der Waals surface area contributed by atoms with E-state index in [1.165, 1.54) is 0 Å². The lowest BCUT2D eigenvalue weighted by atomic mass is 9.95. The Kier molecular flexibility index (Phi) is 8.15. The fraction of sp³-hybridized carbons (Fsp3) is 0.200. The van der Waals surface area contributed by atoms with Gasteiger partial charge in [-0.15, -0.1) is 0 Å². The molecule has 32 heavy (non-hydrogen) atoms. The molecule has 0 atom stereocenters. The van der Waals surface area contributed by atoms with Gasteiger partial charge in [-0.3, -0.25) is 4.79 Å². The van der Waals surface area contributed by atoms with Crippen LogP contribution in [-0.2, 0) is 11.2 Å². The van der Waals surface area contributed by atoms with Crippen molar-refractivity contribution in [3.63, 3.8) is 0 Å². The second kappa shape index (κ2) is 10.6. The van der Waals surface area contributed by atoms with Crippen LogP contribution >= 0.6 is 43.5 Å². The molecule has 3 rings (SSSR count). The van der Waals surface area contributed by atoms with Crippen LogP contribution in [0.1, 0.15) is 46.8 Å². The Balaban J connectivity index is 2.16. The number of ether oxygens (including phenoxy) is 2. The molecule has 0 aliphatic carbocycles. The number of hydrogen-bond acceptors (Lipinski definition) is 4. The number of benzene rings is 3. The van der Waals surface area contributed by atoms with Gasteiger partial charge in [0.2, 0.25) is 0 Å². The maximum absolute atomic E-state index is 13.4. The van der Waals surface area contributed by atoms with Gasteiger partial charge in [0, 0.05) is 22.6 Å². The molecule has 0 fully saturated rings. The average Bonchev–Trinajstić information content (AvgIpc) is 2.75. The summed E-state index contributed by atoms with van der Waals surface area (Å²) in [5, 5.41) is 0.473. The average molecular weight is 581 g/mol. The molecule has 0 saturated carbocycles. The molecule has 0 spiro atoms. The summed E-state index contributed by atoms with van der Waals surface area (Å²) in [5.74, 6) is 1.41. The zero-order valence-corrected chi connectivity index (χ0v) is 21.7. The predicted molar refractivity (Wildman–Crippen MR) is 134 cm³/mol. The zero-order valence-electron chi connectivity index (χ0n) is 17.7. The molecule has 3 aromatic rings. The van der Waals surface area contributed by atoms with Gasteiger partial charge in [0.1, 0.15) is 17.8 Å². The molecule has 0 aromatic heterocycles. The third kappa shape index (κ3) is 5.42. The Morgan fingerprint density at radius 3 is 2.31 bits per heavy atom. The van der Waals surface area contributed by atoms with Crippen LogP contribution in [0.25, 0.3) is 0 Å². The monoisotopic (exact) mass is 578 g/mol. The van der Waals surface area contributed by atoms with Gasteiger partial charge in [0.25, 0.3) is 0 Å². The number of carbonyl (C=O) groups excluding carboxylic acids is 2. The van der Waals surface area contributed by atoms with Crippen LogP contribution < -0.4 is 9.47 Å². The molecule has 0 unspecified atom stereocenters. The highest BCUT2D eigenvalue weighted by Gasteiger charge is 2.22. The predicted octanol–water partition coefficient (Wildman–Crippen LogP) is 7.76. The van der Waals surface area contributed by atoms with E-state index in [-0.39, 0.29) is 18.1 Å². The highest BCUT2D eigenvalue weighted by Crippen LogP contribution is 2.42. The van der Waals surface area contributed by atoms with Crippen LogP contribution in [0.3, 0.4) is 0 Å². The molecular formula is C25H21Br2ClO4. The van der Waals surface area contributed by atoms with Crippen molar-refractivity contribution in [2.45, 2.75) is 26.2 Å². The molecule has 4 nitrogen and oxygen atoms in total. The van der Waals surface area contributed by atoms with Crippen LogP contribution in [0.4, 0.5) is 0 Å². The van der Waals surface area contributed by atoms with E-state index in [1.807, 2.05) is 32.0 Å². The molecule has 0 aliphatic heterocycles. The van der Waals surface area contributed by atoms with Crippen molar-refractivity contribution >= 4 is 55.5 Å². The van der Waals surface area contributed by atoms with E-state index in [0.717, 1.165) is 17.4 Å². The summed E-state index contributed by atoms with van der Waals surface area (Å²) >= 11 is 13.1. The highest BCUT2D eigenvalue weighted by molar-refractivity contribution is 9.11. The SMILES string of the molecule is COc1cc(C(=O)c2cccc(Cl)c2)c(Oc2c(Br)cc(CC=O)cc2Br)cc1C(C)C. The first kappa shape index (κ1) is 24.5. The second-order valence-corrected chi connectivity index (χ2v) is 9.59. The molecular weight excluding hydrogens is 560 g/mol. The van der Waals surface area contributed by atoms with E-state index in [9.17, 15) is 9.59 Å². The lowest BCUT2D eigenvalue weighted by molar-refractivity contribution is -0.107. The second-order valence-electron chi connectivity index (χ2n) is 7.45. The molecule has 7 heteroatoms. The lowest BCUT2D eigenvalue weighted by Gasteiger charge is -2.19. The summed E-state index contributed by atoms with van der Waals surface area (Å²) in [7, 11) is 1.58. The minimum absolute atomic E-state index is 0.143. The van der Waals surface area contributed by atoms with Crippen LogP contribution in [0.15, 0.2) is 57.5 Å². The van der Waals surface area contributed by atoms with Gasteiger partial charge in [-0.05, 0) is 79.7 Å². The lowest BCUT2D eigenvalue weighted by Crippen LogP contribution is -2.07. The largest absolute Gasteiger partial charge is 0.496 e. The van der Waals surface area contributed by atoms with Crippen LogP contribution in [0, 0.1) is 0 Å². The smallest absolute Gasteiger partial charge is 0.196 e. The van der Waals surface area contributed by atoms with Crippen molar-refractivity contribution in [2.24, 2.45) is 0 Å². The van der Waals surface area contributed by atoms with Gasteiger partial charge in [-0.25, -0.2) is 0 Å².